The highest BCUT2D eigenvalue weighted by molar-refractivity contribution is 6.07. The number of halogens is 3. The predicted octanol–water partition coefficient (Wildman–Crippen LogP) is 4.17. The van der Waals surface area contributed by atoms with Crippen molar-refractivity contribution >= 4 is 23.2 Å². The molecule has 3 aromatic rings. The Bertz CT molecular complexity index is 1840. The molecule has 0 spiro atoms. The third kappa shape index (κ3) is 8.99. The minimum absolute atomic E-state index is 0.118. The molecule has 0 unspecified atom stereocenters. The van der Waals surface area contributed by atoms with E-state index in [1.165, 1.54) is 12.8 Å². The van der Waals surface area contributed by atoms with Crippen LogP contribution < -0.4 is 21.1 Å². The van der Waals surface area contributed by atoms with Gasteiger partial charge in [-0.2, -0.15) is 13.2 Å². The number of hydrogen-bond acceptors (Lipinski definition) is 8. The summed E-state index contributed by atoms with van der Waals surface area (Å²) in [4.78, 5) is 52.2. The molecule has 2 aromatic carbocycles. The number of pyridine rings is 1. The molecule has 5 heterocycles. The molecule has 0 radical (unpaired) electrons. The van der Waals surface area contributed by atoms with Gasteiger partial charge in [-0.05, 0) is 93.8 Å². The molecule has 0 bridgehead atoms. The van der Waals surface area contributed by atoms with Crippen molar-refractivity contribution in [1.29, 1.82) is 0 Å². The zero-order valence-electron chi connectivity index (χ0n) is 31.0. The molecule has 14 heteroatoms. The summed E-state index contributed by atoms with van der Waals surface area (Å²) in [6.45, 7) is 10.9. The summed E-state index contributed by atoms with van der Waals surface area (Å²) in [7, 11) is 2.03. The number of piperidine rings is 2. The lowest BCUT2D eigenvalue weighted by Crippen LogP contribution is -2.52. The van der Waals surface area contributed by atoms with Crippen LogP contribution in [0.3, 0.4) is 0 Å². The van der Waals surface area contributed by atoms with Gasteiger partial charge in [0.15, 0.2) is 0 Å². The fourth-order valence-corrected chi connectivity index (χ4v) is 8.40. The van der Waals surface area contributed by atoms with Crippen LogP contribution in [-0.4, -0.2) is 128 Å². The largest absolute Gasteiger partial charge is 0.417 e. The van der Waals surface area contributed by atoms with Gasteiger partial charge >= 0.3 is 6.18 Å². The van der Waals surface area contributed by atoms with E-state index in [1.54, 1.807) is 0 Å². The Kier molecular flexibility index (Phi) is 11.7. The van der Waals surface area contributed by atoms with Crippen molar-refractivity contribution in [2.75, 3.05) is 95.8 Å². The van der Waals surface area contributed by atoms with Crippen LogP contribution in [0.25, 0.3) is 11.1 Å². The van der Waals surface area contributed by atoms with E-state index in [9.17, 15) is 27.6 Å². The zero-order chi connectivity index (χ0) is 37.8. The van der Waals surface area contributed by atoms with Crippen LogP contribution in [0.5, 0.6) is 0 Å². The molecule has 2 amide bonds. The first kappa shape index (κ1) is 38.1. The van der Waals surface area contributed by atoms with E-state index in [4.69, 9.17) is 0 Å². The number of aromatic nitrogens is 1. The molecular formula is C40H51F3N8O3. The van der Waals surface area contributed by atoms with Gasteiger partial charge < -0.3 is 35.2 Å². The minimum Gasteiger partial charge on any atom is -0.367 e. The first-order valence-corrected chi connectivity index (χ1v) is 19.3. The molecule has 290 valence electrons. The normalized spacial score (nSPS) is 20.3. The fourth-order valence-electron chi connectivity index (χ4n) is 8.40. The van der Waals surface area contributed by atoms with E-state index >= 15 is 0 Å². The number of H-pyrrole nitrogens is 1. The Balaban J connectivity index is 1.01. The molecule has 4 aliphatic rings. The Morgan fingerprint density at radius 3 is 2.24 bits per heavy atom. The third-order valence-electron chi connectivity index (χ3n) is 11.6. The van der Waals surface area contributed by atoms with Crippen LogP contribution in [0.1, 0.15) is 47.2 Å². The quantitative estimate of drug-likeness (QED) is 0.316. The van der Waals surface area contributed by atoms with Gasteiger partial charge in [-0.1, -0.05) is 24.3 Å². The van der Waals surface area contributed by atoms with Crippen LogP contribution >= 0.6 is 0 Å². The molecule has 0 saturated carbocycles. The van der Waals surface area contributed by atoms with Crippen molar-refractivity contribution in [3.8, 4) is 11.1 Å². The van der Waals surface area contributed by atoms with E-state index in [0.717, 1.165) is 108 Å². The number of hydrogen-bond donors (Lipinski definition) is 3. The number of rotatable bonds is 8. The highest BCUT2D eigenvalue weighted by Crippen LogP contribution is 2.35. The van der Waals surface area contributed by atoms with E-state index < -0.39 is 28.8 Å². The first-order valence-electron chi connectivity index (χ1n) is 19.3. The summed E-state index contributed by atoms with van der Waals surface area (Å²) in [5.41, 5.74) is 1.06. The number of nitrogens with one attached hydrogen (secondary N) is 3. The summed E-state index contributed by atoms with van der Waals surface area (Å²) < 4.78 is 41.6. The second kappa shape index (κ2) is 16.6. The second-order valence-corrected chi connectivity index (χ2v) is 15.2. The van der Waals surface area contributed by atoms with Gasteiger partial charge in [-0.15, -0.1) is 0 Å². The van der Waals surface area contributed by atoms with Gasteiger partial charge in [-0.3, -0.25) is 19.3 Å². The average molecular weight is 749 g/mol. The van der Waals surface area contributed by atoms with Gasteiger partial charge in [0.05, 0.1) is 22.5 Å². The molecule has 0 atom stereocenters. The molecule has 4 aliphatic heterocycles. The average Bonchev–Trinajstić information content (AvgIpc) is 3.18. The van der Waals surface area contributed by atoms with Crippen LogP contribution in [0.2, 0.25) is 0 Å². The van der Waals surface area contributed by atoms with Gasteiger partial charge in [0, 0.05) is 83.1 Å². The number of piperazine rings is 2. The van der Waals surface area contributed by atoms with Gasteiger partial charge in [-0.25, -0.2) is 0 Å². The fraction of sp³-hybridized carbons (Fsp3) is 0.525. The van der Waals surface area contributed by atoms with E-state index in [1.807, 2.05) is 37.4 Å². The molecule has 4 saturated heterocycles. The smallest absolute Gasteiger partial charge is 0.367 e. The lowest BCUT2D eigenvalue weighted by molar-refractivity contribution is -0.139. The summed E-state index contributed by atoms with van der Waals surface area (Å²) >= 11 is 0. The SMILES string of the molecule is CN1CCN(c2ccc(-c3cccc(CN4CCN(C(=O)C5CCN(C6CCNCC6)CC5)CC4)c3)cc2NC(=O)c2c[nH]c(=O)cc2C(F)(F)F)CC1. The first-order chi connectivity index (χ1) is 26.0. The standard InChI is InChI=1S/C40H51F3N8O3/c1-47-15-19-50(20-16-47)36-6-5-31(24-35(36)46-38(53)33-26-45-37(52)25-34(33)40(41,42)43)30-4-2-3-28(23-30)27-48-17-21-51(22-18-48)39(54)29-9-13-49(14-10-29)32-7-11-44-12-8-32/h2-6,23-26,29,32,44H,7-22,27H2,1H3,(H,45,52)(H,46,53). The van der Waals surface area contributed by atoms with Crippen LogP contribution in [0.15, 0.2) is 59.5 Å². The number of carbonyl (C=O) groups excluding carboxylic acids is 2. The summed E-state index contributed by atoms with van der Waals surface area (Å²) in [6, 6.07) is 14.9. The number of alkyl halides is 3. The van der Waals surface area contributed by atoms with Crippen molar-refractivity contribution in [1.82, 2.24) is 29.9 Å². The number of amides is 2. The number of aromatic amines is 1. The summed E-state index contributed by atoms with van der Waals surface area (Å²) in [5, 5.41) is 6.19. The lowest BCUT2D eigenvalue weighted by Gasteiger charge is -2.41. The van der Waals surface area contributed by atoms with Gasteiger partial charge in [0.1, 0.15) is 0 Å². The van der Waals surface area contributed by atoms with Gasteiger partial charge in [0.25, 0.3) is 5.91 Å². The molecule has 54 heavy (non-hydrogen) atoms. The molecule has 7 rings (SSSR count). The monoisotopic (exact) mass is 748 g/mol. The van der Waals surface area contributed by atoms with Crippen molar-refractivity contribution in [3.05, 3.63) is 81.8 Å². The Morgan fingerprint density at radius 2 is 1.54 bits per heavy atom. The van der Waals surface area contributed by atoms with Crippen molar-refractivity contribution < 1.29 is 22.8 Å². The predicted molar refractivity (Wildman–Crippen MR) is 204 cm³/mol. The number of nitrogens with zero attached hydrogens (tertiary/aromatic N) is 5. The van der Waals surface area contributed by atoms with E-state index in [-0.39, 0.29) is 5.92 Å². The maximum Gasteiger partial charge on any atom is 0.417 e. The number of likely N-dealkylation sites (N-methyl/N-ethyl adjacent to an activating group) is 1. The lowest BCUT2D eigenvalue weighted by atomic mass is 9.92. The van der Waals surface area contributed by atoms with Crippen LogP contribution in [0.4, 0.5) is 24.5 Å². The second-order valence-electron chi connectivity index (χ2n) is 15.2. The van der Waals surface area contributed by atoms with Crippen LogP contribution in [0, 0.1) is 5.92 Å². The minimum atomic E-state index is -4.88. The Hall–Kier alpha value is -4.24. The number of likely N-dealkylation sites (tertiary alicyclic amines) is 1. The van der Waals surface area contributed by atoms with Crippen LogP contribution in [-0.2, 0) is 17.5 Å². The number of anilines is 2. The van der Waals surface area contributed by atoms with Gasteiger partial charge in [0.2, 0.25) is 11.5 Å². The molecule has 11 nitrogen and oxygen atoms in total. The highest BCUT2D eigenvalue weighted by Gasteiger charge is 2.36. The van der Waals surface area contributed by atoms with E-state index in [2.05, 4.69) is 52.2 Å². The number of benzene rings is 2. The zero-order valence-corrected chi connectivity index (χ0v) is 31.0. The maximum atomic E-state index is 13.9. The third-order valence-corrected chi connectivity index (χ3v) is 11.6. The molecule has 3 N–H and O–H groups in total. The Labute approximate surface area is 314 Å². The van der Waals surface area contributed by atoms with E-state index in [0.29, 0.717) is 42.5 Å². The molecular weight excluding hydrogens is 697 g/mol. The highest BCUT2D eigenvalue weighted by atomic mass is 19.4. The number of carbonyl (C=O) groups is 2. The van der Waals surface area contributed by atoms with Crippen molar-refractivity contribution in [2.45, 2.75) is 44.4 Å². The molecule has 4 fully saturated rings. The van der Waals surface area contributed by atoms with Crippen molar-refractivity contribution in [2.24, 2.45) is 5.92 Å². The summed E-state index contributed by atoms with van der Waals surface area (Å²) in [5.74, 6) is -0.535. The summed E-state index contributed by atoms with van der Waals surface area (Å²) in [6.07, 6.45) is 0.216. The van der Waals surface area contributed by atoms with Crippen molar-refractivity contribution in [3.63, 3.8) is 0 Å². The molecule has 0 aliphatic carbocycles. The maximum absolute atomic E-state index is 13.9. The Morgan fingerprint density at radius 1 is 0.833 bits per heavy atom. The molecule has 1 aromatic heterocycles. The topological polar surface area (TPSA) is 107 Å².